The molecule has 1 rings (SSSR count). The largest absolute Gasteiger partial charge is 0.411 e. The second kappa shape index (κ2) is 2.89. The highest BCUT2D eigenvalue weighted by molar-refractivity contribution is 6.69. The van der Waals surface area contributed by atoms with E-state index < -0.39 is 8.32 Å². The van der Waals surface area contributed by atoms with Crippen molar-refractivity contribution in [2.45, 2.75) is 32.2 Å². The van der Waals surface area contributed by atoms with Crippen molar-refractivity contribution in [1.82, 2.24) is 0 Å². The van der Waals surface area contributed by atoms with Crippen LogP contribution in [0.1, 0.15) is 6.42 Å². The monoisotopic (exact) mass is 155 g/mol. The standard InChI is InChI=1S/C8H15OSi/c1-10(2,3)9-8-6-4-5-7-8/h4-6,8H,7H2,1-3H3/t8-/m0/s1. The van der Waals surface area contributed by atoms with Crippen LogP contribution in [0.25, 0.3) is 0 Å². The molecule has 57 valence electrons. The van der Waals surface area contributed by atoms with Gasteiger partial charge in [0.1, 0.15) is 0 Å². The van der Waals surface area contributed by atoms with Gasteiger partial charge >= 0.3 is 0 Å². The van der Waals surface area contributed by atoms with Crippen LogP contribution in [0, 0.1) is 6.42 Å². The van der Waals surface area contributed by atoms with Crippen LogP contribution in [0.3, 0.4) is 0 Å². The smallest absolute Gasteiger partial charge is 0.184 e. The van der Waals surface area contributed by atoms with Crippen LogP contribution in [0.5, 0.6) is 0 Å². The van der Waals surface area contributed by atoms with E-state index in [1.54, 1.807) is 0 Å². The number of allylic oxidation sites excluding steroid dienone is 1. The van der Waals surface area contributed by atoms with Gasteiger partial charge in [-0.1, -0.05) is 12.2 Å². The summed E-state index contributed by atoms with van der Waals surface area (Å²) in [5.74, 6) is 0. The molecule has 0 unspecified atom stereocenters. The minimum absolute atomic E-state index is 0.381. The SMILES string of the molecule is C[Si](C)(C)O[C@H]1C=C[CH]C1. The summed E-state index contributed by atoms with van der Waals surface area (Å²) in [6.07, 6.45) is 7.84. The van der Waals surface area contributed by atoms with Gasteiger partial charge in [0.05, 0.1) is 6.10 Å². The van der Waals surface area contributed by atoms with Crippen molar-refractivity contribution in [3.05, 3.63) is 18.6 Å². The van der Waals surface area contributed by atoms with Crippen LogP contribution in [0.2, 0.25) is 19.6 Å². The van der Waals surface area contributed by atoms with Gasteiger partial charge in [0.2, 0.25) is 0 Å². The second-order valence-electron chi connectivity index (χ2n) is 3.62. The summed E-state index contributed by atoms with van der Waals surface area (Å²) in [7, 11) is -1.29. The topological polar surface area (TPSA) is 9.23 Å². The maximum Gasteiger partial charge on any atom is 0.184 e. The van der Waals surface area contributed by atoms with Gasteiger partial charge in [0.15, 0.2) is 8.32 Å². The molecule has 0 aliphatic heterocycles. The minimum atomic E-state index is -1.29. The molecule has 1 atom stereocenters. The lowest BCUT2D eigenvalue weighted by atomic mass is 10.3. The van der Waals surface area contributed by atoms with E-state index in [0.717, 1.165) is 6.42 Å². The summed E-state index contributed by atoms with van der Waals surface area (Å²) >= 11 is 0. The van der Waals surface area contributed by atoms with Gasteiger partial charge in [0, 0.05) is 0 Å². The van der Waals surface area contributed by atoms with Crippen LogP contribution in [-0.4, -0.2) is 14.4 Å². The van der Waals surface area contributed by atoms with Gasteiger partial charge in [-0.25, -0.2) is 0 Å². The Labute approximate surface area is 64.2 Å². The fraction of sp³-hybridized carbons (Fsp3) is 0.625. The van der Waals surface area contributed by atoms with E-state index in [9.17, 15) is 0 Å². The normalized spacial score (nSPS) is 25.7. The molecule has 2 heteroatoms. The molecular weight excluding hydrogens is 140 g/mol. The maximum atomic E-state index is 5.82. The van der Waals surface area contributed by atoms with E-state index in [0.29, 0.717) is 6.10 Å². The predicted molar refractivity (Wildman–Crippen MR) is 46.3 cm³/mol. The molecule has 10 heavy (non-hydrogen) atoms. The van der Waals surface area contributed by atoms with E-state index in [2.05, 4.69) is 38.2 Å². The van der Waals surface area contributed by atoms with Crippen molar-refractivity contribution in [1.29, 1.82) is 0 Å². The average Bonchev–Trinajstić information content (AvgIpc) is 2.12. The van der Waals surface area contributed by atoms with Crippen molar-refractivity contribution in [2.75, 3.05) is 0 Å². The Bertz CT molecular complexity index is 135. The molecule has 0 amide bonds. The summed E-state index contributed by atoms with van der Waals surface area (Å²) < 4.78 is 5.82. The molecule has 0 fully saturated rings. The second-order valence-corrected chi connectivity index (χ2v) is 8.09. The Hall–Kier alpha value is -0.0831. The van der Waals surface area contributed by atoms with Gasteiger partial charge in [-0.3, -0.25) is 0 Å². The molecule has 0 aromatic heterocycles. The third-order valence-corrected chi connectivity index (χ3v) is 2.35. The van der Waals surface area contributed by atoms with Crippen molar-refractivity contribution in [3.8, 4) is 0 Å². The van der Waals surface area contributed by atoms with Crippen LogP contribution in [-0.2, 0) is 4.43 Å². The molecule has 0 saturated heterocycles. The van der Waals surface area contributed by atoms with Gasteiger partial charge in [-0.15, -0.1) is 0 Å². The van der Waals surface area contributed by atoms with Gasteiger partial charge in [-0.2, -0.15) is 0 Å². The zero-order valence-electron chi connectivity index (χ0n) is 6.92. The third kappa shape index (κ3) is 2.67. The van der Waals surface area contributed by atoms with Crippen molar-refractivity contribution >= 4 is 8.32 Å². The van der Waals surface area contributed by atoms with E-state index in [1.807, 2.05) is 0 Å². The molecule has 0 spiro atoms. The Morgan fingerprint density at radius 2 is 2.10 bits per heavy atom. The molecule has 0 bridgehead atoms. The number of hydrogen-bond acceptors (Lipinski definition) is 1. The lowest BCUT2D eigenvalue weighted by molar-refractivity contribution is 0.249. The first kappa shape index (κ1) is 8.02. The first-order valence-corrected chi connectivity index (χ1v) is 7.16. The molecule has 0 aromatic rings. The summed E-state index contributed by atoms with van der Waals surface area (Å²) in [6, 6.07) is 0. The molecular formula is C8H15OSi. The molecule has 0 N–H and O–H groups in total. The van der Waals surface area contributed by atoms with E-state index in [4.69, 9.17) is 4.43 Å². The van der Waals surface area contributed by atoms with Crippen LogP contribution in [0.4, 0.5) is 0 Å². The number of rotatable bonds is 2. The molecule has 0 heterocycles. The van der Waals surface area contributed by atoms with Crippen molar-refractivity contribution in [3.63, 3.8) is 0 Å². The van der Waals surface area contributed by atoms with Gasteiger partial charge in [0.25, 0.3) is 0 Å². The molecule has 0 saturated carbocycles. The first-order chi connectivity index (χ1) is 4.58. The molecule has 1 nitrogen and oxygen atoms in total. The fourth-order valence-corrected chi connectivity index (χ4v) is 2.12. The number of hydrogen-bond donors (Lipinski definition) is 0. The average molecular weight is 155 g/mol. The molecule has 1 aliphatic carbocycles. The maximum absolute atomic E-state index is 5.82. The zero-order valence-corrected chi connectivity index (χ0v) is 7.92. The Balaban J connectivity index is 2.31. The third-order valence-electron chi connectivity index (χ3n) is 1.34. The molecule has 1 radical (unpaired) electrons. The highest BCUT2D eigenvalue weighted by Crippen LogP contribution is 2.17. The summed E-state index contributed by atoms with van der Waals surface area (Å²) in [6.45, 7) is 6.66. The summed E-state index contributed by atoms with van der Waals surface area (Å²) in [5.41, 5.74) is 0. The summed E-state index contributed by atoms with van der Waals surface area (Å²) in [4.78, 5) is 0. The molecule has 1 aliphatic rings. The van der Waals surface area contributed by atoms with Crippen LogP contribution in [0.15, 0.2) is 12.2 Å². The van der Waals surface area contributed by atoms with Crippen molar-refractivity contribution < 1.29 is 4.43 Å². The predicted octanol–water partition coefficient (Wildman–Crippen LogP) is 2.37. The van der Waals surface area contributed by atoms with E-state index in [1.165, 1.54) is 0 Å². The quantitative estimate of drug-likeness (QED) is 0.556. The fourth-order valence-electron chi connectivity index (χ4n) is 1.04. The zero-order chi connectivity index (χ0) is 7.61. The highest BCUT2D eigenvalue weighted by Gasteiger charge is 2.20. The Morgan fingerprint density at radius 3 is 2.50 bits per heavy atom. The van der Waals surface area contributed by atoms with E-state index in [-0.39, 0.29) is 0 Å². The van der Waals surface area contributed by atoms with Gasteiger partial charge in [-0.05, 0) is 32.5 Å². The Morgan fingerprint density at radius 1 is 1.40 bits per heavy atom. The van der Waals surface area contributed by atoms with Crippen LogP contribution >= 0.6 is 0 Å². The van der Waals surface area contributed by atoms with E-state index >= 15 is 0 Å². The van der Waals surface area contributed by atoms with Crippen molar-refractivity contribution in [2.24, 2.45) is 0 Å². The highest BCUT2D eigenvalue weighted by atomic mass is 28.4. The lowest BCUT2D eigenvalue weighted by Gasteiger charge is -2.21. The minimum Gasteiger partial charge on any atom is -0.411 e. The lowest BCUT2D eigenvalue weighted by Crippen LogP contribution is -2.30. The summed E-state index contributed by atoms with van der Waals surface area (Å²) in [5, 5.41) is 0. The van der Waals surface area contributed by atoms with Gasteiger partial charge < -0.3 is 4.43 Å². The molecule has 0 aromatic carbocycles. The van der Waals surface area contributed by atoms with Crippen LogP contribution < -0.4 is 0 Å². The Kier molecular flexibility index (Phi) is 2.31. The first-order valence-electron chi connectivity index (χ1n) is 3.76.